The first-order chi connectivity index (χ1) is 9.22. The summed E-state index contributed by atoms with van der Waals surface area (Å²) in [4.78, 5) is 1.76. The van der Waals surface area contributed by atoms with E-state index in [9.17, 15) is 5.26 Å². The molecule has 0 bridgehead atoms. The monoisotopic (exact) mass is 311 g/mol. The zero-order valence-electron chi connectivity index (χ0n) is 9.97. The van der Waals surface area contributed by atoms with Crippen molar-refractivity contribution in [3.63, 3.8) is 0 Å². The van der Waals surface area contributed by atoms with Gasteiger partial charge in [-0.3, -0.25) is 5.41 Å². The second-order valence-corrected chi connectivity index (χ2v) is 5.23. The minimum Gasteiger partial charge on any atom is -0.306 e. The van der Waals surface area contributed by atoms with Crippen LogP contribution in [0.4, 0.5) is 5.69 Å². The SMILES string of the molecule is N#CC1c2ccccc2C(=N)N1c1ccc(Br)cc1. The predicted molar refractivity (Wildman–Crippen MR) is 78.2 cm³/mol. The normalized spacial score (nSPS) is 17.2. The number of fused-ring (bicyclic) bond motifs is 1. The molecule has 1 unspecified atom stereocenters. The van der Waals surface area contributed by atoms with Gasteiger partial charge in [0, 0.05) is 21.3 Å². The summed E-state index contributed by atoms with van der Waals surface area (Å²) < 4.78 is 0.980. The fourth-order valence-electron chi connectivity index (χ4n) is 2.36. The van der Waals surface area contributed by atoms with E-state index in [0.717, 1.165) is 21.3 Å². The molecule has 1 heterocycles. The van der Waals surface area contributed by atoms with Crippen LogP contribution in [-0.2, 0) is 0 Å². The maximum Gasteiger partial charge on any atom is 0.148 e. The molecule has 2 aromatic carbocycles. The molecule has 1 aliphatic heterocycles. The Labute approximate surface area is 119 Å². The first kappa shape index (κ1) is 11.9. The average molecular weight is 312 g/mol. The van der Waals surface area contributed by atoms with Gasteiger partial charge in [0.25, 0.3) is 0 Å². The number of nitrogens with zero attached hydrogens (tertiary/aromatic N) is 2. The molecule has 1 atom stereocenters. The van der Waals surface area contributed by atoms with Crippen LogP contribution in [0.15, 0.2) is 53.0 Å². The molecule has 0 saturated heterocycles. The maximum absolute atomic E-state index is 9.42. The molecule has 0 aromatic heterocycles. The Hall–Kier alpha value is -2.12. The molecule has 3 nitrogen and oxygen atoms in total. The molecule has 2 aromatic rings. The molecular formula is C15H10BrN3. The fraction of sp³-hybridized carbons (Fsp3) is 0.0667. The Kier molecular flexibility index (Phi) is 2.84. The zero-order chi connectivity index (χ0) is 13.4. The van der Waals surface area contributed by atoms with E-state index in [0.29, 0.717) is 5.84 Å². The highest BCUT2D eigenvalue weighted by Crippen LogP contribution is 2.37. The third kappa shape index (κ3) is 1.83. The Bertz CT molecular complexity index is 685. The van der Waals surface area contributed by atoms with Crippen LogP contribution in [0.5, 0.6) is 0 Å². The van der Waals surface area contributed by atoms with Crippen molar-refractivity contribution < 1.29 is 0 Å². The van der Waals surface area contributed by atoms with Crippen molar-refractivity contribution in [1.29, 1.82) is 10.7 Å². The van der Waals surface area contributed by atoms with Crippen LogP contribution in [0.2, 0.25) is 0 Å². The van der Waals surface area contributed by atoms with Gasteiger partial charge in [-0.1, -0.05) is 40.2 Å². The molecule has 0 spiro atoms. The van der Waals surface area contributed by atoms with E-state index in [-0.39, 0.29) is 0 Å². The van der Waals surface area contributed by atoms with Crippen molar-refractivity contribution >= 4 is 27.5 Å². The number of nitriles is 1. The Balaban J connectivity index is 2.12. The topological polar surface area (TPSA) is 50.9 Å². The Morgan fingerprint density at radius 2 is 1.79 bits per heavy atom. The van der Waals surface area contributed by atoms with Crippen molar-refractivity contribution in [2.24, 2.45) is 0 Å². The van der Waals surface area contributed by atoms with Crippen molar-refractivity contribution in [2.75, 3.05) is 4.90 Å². The number of rotatable bonds is 1. The van der Waals surface area contributed by atoms with Gasteiger partial charge in [-0.2, -0.15) is 5.26 Å². The standard InChI is InChI=1S/C15H10BrN3/c16-10-5-7-11(8-6-10)19-14(9-17)12-3-1-2-4-13(12)15(19)18/h1-8,14,18H. The van der Waals surface area contributed by atoms with Crippen molar-refractivity contribution in [3.05, 3.63) is 64.1 Å². The van der Waals surface area contributed by atoms with Gasteiger partial charge in [0.1, 0.15) is 11.9 Å². The molecule has 0 fully saturated rings. The highest BCUT2D eigenvalue weighted by Gasteiger charge is 2.34. The summed E-state index contributed by atoms with van der Waals surface area (Å²) >= 11 is 3.39. The van der Waals surface area contributed by atoms with Crippen LogP contribution >= 0.6 is 15.9 Å². The third-order valence-electron chi connectivity index (χ3n) is 3.24. The first-order valence-electron chi connectivity index (χ1n) is 5.84. The lowest BCUT2D eigenvalue weighted by atomic mass is 10.1. The highest BCUT2D eigenvalue weighted by atomic mass is 79.9. The van der Waals surface area contributed by atoms with E-state index >= 15 is 0 Å². The lowest BCUT2D eigenvalue weighted by Gasteiger charge is -2.22. The minimum atomic E-state index is -0.426. The van der Waals surface area contributed by atoms with Crippen LogP contribution in [0.25, 0.3) is 0 Å². The lowest BCUT2D eigenvalue weighted by molar-refractivity contribution is 0.919. The van der Waals surface area contributed by atoms with E-state index in [4.69, 9.17) is 5.41 Å². The Morgan fingerprint density at radius 3 is 2.47 bits per heavy atom. The number of benzene rings is 2. The van der Waals surface area contributed by atoms with Gasteiger partial charge in [-0.15, -0.1) is 0 Å². The Morgan fingerprint density at radius 1 is 1.11 bits per heavy atom. The molecule has 0 saturated carbocycles. The molecule has 3 rings (SSSR count). The second kappa shape index (κ2) is 4.52. The summed E-state index contributed by atoms with van der Waals surface area (Å²) in [6, 6.07) is 17.1. The maximum atomic E-state index is 9.42. The van der Waals surface area contributed by atoms with Gasteiger partial charge < -0.3 is 4.90 Å². The number of hydrogen-bond acceptors (Lipinski definition) is 2. The van der Waals surface area contributed by atoms with Gasteiger partial charge >= 0.3 is 0 Å². The number of halogens is 1. The van der Waals surface area contributed by atoms with Gasteiger partial charge in [-0.05, 0) is 24.3 Å². The van der Waals surface area contributed by atoms with Crippen LogP contribution in [0.3, 0.4) is 0 Å². The second-order valence-electron chi connectivity index (χ2n) is 4.31. The van der Waals surface area contributed by atoms with E-state index in [1.54, 1.807) is 4.90 Å². The van der Waals surface area contributed by atoms with Crippen molar-refractivity contribution in [1.82, 2.24) is 0 Å². The largest absolute Gasteiger partial charge is 0.306 e. The summed E-state index contributed by atoms with van der Waals surface area (Å²) in [6.07, 6.45) is 0. The van der Waals surface area contributed by atoms with Crippen LogP contribution in [0.1, 0.15) is 17.2 Å². The number of nitrogens with one attached hydrogen (secondary N) is 1. The van der Waals surface area contributed by atoms with Gasteiger partial charge in [0.05, 0.1) is 6.07 Å². The third-order valence-corrected chi connectivity index (χ3v) is 3.77. The lowest BCUT2D eigenvalue weighted by Crippen LogP contribution is -2.26. The molecule has 0 radical (unpaired) electrons. The van der Waals surface area contributed by atoms with E-state index in [1.807, 2.05) is 48.5 Å². The quantitative estimate of drug-likeness (QED) is 0.869. The van der Waals surface area contributed by atoms with E-state index < -0.39 is 6.04 Å². The van der Waals surface area contributed by atoms with Crippen LogP contribution in [0, 0.1) is 16.7 Å². The number of hydrogen-bond donors (Lipinski definition) is 1. The summed E-state index contributed by atoms with van der Waals surface area (Å²) in [6.45, 7) is 0. The van der Waals surface area contributed by atoms with E-state index in [2.05, 4.69) is 22.0 Å². The molecule has 19 heavy (non-hydrogen) atoms. The first-order valence-corrected chi connectivity index (χ1v) is 6.64. The molecule has 1 aliphatic rings. The molecular weight excluding hydrogens is 302 g/mol. The predicted octanol–water partition coefficient (Wildman–Crippen LogP) is 3.86. The van der Waals surface area contributed by atoms with Crippen LogP contribution < -0.4 is 4.90 Å². The summed E-state index contributed by atoms with van der Waals surface area (Å²) in [5.41, 5.74) is 2.59. The number of amidine groups is 1. The molecule has 0 aliphatic carbocycles. The van der Waals surface area contributed by atoms with Gasteiger partial charge in [0.2, 0.25) is 0 Å². The van der Waals surface area contributed by atoms with E-state index in [1.165, 1.54) is 0 Å². The minimum absolute atomic E-state index is 0.379. The zero-order valence-corrected chi connectivity index (χ0v) is 11.6. The fourth-order valence-corrected chi connectivity index (χ4v) is 2.62. The molecule has 1 N–H and O–H groups in total. The summed E-state index contributed by atoms with van der Waals surface area (Å²) in [5, 5.41) is 17.7. The van der Waals surface area contributed by atoms with Crippen molar-refractivity contribution in [3.8, 4) is 6.07 Å². The molecule has 0 amide bonds. The van der Waals surface area contributed by atoms with Gasteiger partial charge in [0.15, 0.2) is 0 Å². The average Bonchev–Trinajstić information content (AvgIpc) is 2.73. The summed E-state index contributed by atoms with van der Waals surface area (Å²) in [5.74, 6) is 0.379. The highest BCUT2D eigenvalue weighted by molar-refractivity contribution is 9.10. The van der Waals surface area contributed by atoms with Crippen molar-refractivity contribution in [2.45, 2.75) is 6.04 Å². The molecule has 4 heteroatoms. The van der Waals surface area contributed by atoms with Gasteiger partial charge in [-0.25, -0.2) is 0 Å². The summed E-state index contributed by atoms with van der Waals surface area (Å²) in [7, 11) is 0. The molecule has 92 valence electrons. The smallest absolute Gasteiger partial charge is 0.148 e. The number of anilines is 1. The van der Waals surface area contributed by atoms with Crippen LogP contribution in [-0.4, -0.2) is 5.84 Å².